The van der Waals surface area contributed by atoms with Gasteiger partial charge in [-0.05, 0) is 31.2 Å². The molecule has 0 aliphatic carbocycles. The third-order valence-corrected chi connectivity index (χ3v) is 2.63. The highest BCUT2D eigenvalue weighted by atomic mass is 16.4. The zero-order valence-electron chi connectivity index (χ0n) is 11.0. The number of para-hydroxylation sites is 4. The molecule has 1 aromatic heterocycles. The van der Waals surface area contributed by atoms with Crippen LogP contribution >= 0.6 is 0 Å². The molecule has 0 amide bonds. The van der Waals surface area contributed by atoms with Crippen LogP contribution in [0.2, 0.25) is 0 Å². The molecule has 0 aliphatic rings. The predicted octanol–water partition coefficient (Wildman–Crippen LogP) is 2.20. The van der Waals surface area contributed by atoms with Crippen molar-refractivity contribution in [3.05, 3.63) is 48.5 Å². The molecule has 102 valence electrons. The number of rotatable bonds is 1. The van der Waals surface area contributed by atoms with Crippen LogP contribution in [0.5, 0.6) is 0 Å². The minimum absolute atomic E-state index is 0.731. The molecule has 0 spiro atoms. The summed E-state index contributed by atoms with van der Waals surface area (Å²) in [5, 5.41) is 7.87. The molecule has 1 unspecified atom stereocenters. The van der Waals surface area contributed by atoms with Gasteiger partial charge in [0.25, 0.3) is 0 Å². The first kappa shape index (κ1) is 13.9. The van der Waals surface area contributed by atoms with Gasteiger partial charge >= 0.3 is 5.97 Å². The summed E-state index contributed by atoms with van der Waals surface area (Å²) in [7, 11) is 0. The van der Waals surface area contributed by atoms with Gasteiger partial charge in [0, 0.05) is 0 Å². The summed E-state index contributed by atoms with van der Waals surface area (Å²) in [4.78, 5) is 18.6. The number of fused-ring (bicyclic) bond motifs is 2. The Kier molecular flexibility index (Phi) is 4.22. The van der Waals surface area contributed by atoms with Crippen LogP contribution in [-0.2, 0) is 4.79 Å². The summed E-state index contributed by atoms with van der Waals surface area (Å²) < 4.78 is 0. The van der Waals surface area contributed by atoms with Crippen molar-refractivity contribution in [3.8, 4) is 0 Å². The third-order valence-electron chi connectivity index (χ3n) is 2.63. The standard InChI is InChI=1S/C12H8N2.C3H7NO2/c1-2-6-10-9(5-1)13-11-7-3-4-8-12(11)14-10;1-2(4)3(5)6/h1-8H;2H,4H2,1H3,(H,5,6). The number of carboxylic acids is 1. The van der Waals surface area contributed by atoms with Gasteiger partial charge in [0.05, 0.1) is 22.1 Å². The van der Waals surface area contributed by atoms with Crippen LogP contribution in [0.3, 0.4) is 0 Å². The summed E-state index contributed by atoms with van der Waals surface area (Å²) in [6.45, 7) is 1.42. The molecule has 3 N–H and O–H groups in total. The topological polar surface area (TPSA) is 89.1 Å². The number of aliphatic carboxylic acids is 1. The minimum atomic E-state index is -0.963. The van der Waals surface area contributed by atoms with Crippen molar-refractivity contribution in [2.45, 2.75) is 13.0 Å². The summed E-state index contributed by atoms with van der Waals surface area (Å²) in [6.07, 6.45) is 0. The lowest BCUT2D eigenvalue weighted by atomic mass is 10.2. The number of aromatic nitrogens is 2. The molecule has 1 heterocycles. The molecule has 5 nitrogen and oxygen atoms in total. The van der Waals surface area contributed by atoms with Crippen LogP contribution in [0.1, 0.15) is 6.92 Å². The fourth-order valence-corrected chi connectivity index (χ4v) is 1.57. The Balaban J connectivity index is 0.000000212. The van der Waals surface area contributed by atoms with Crippen LogP contribution in [0.15, 0.2) is 48.5 Å². The maximum atomic E-state index is 9.57. The second kappa shape index (κ2) is 6.08. The van der Waals surface area contributed by atoms with Gasteiger partial charge in [0.15, 0.2) is 0 Å². The molecule has 2 aromatic carbocycles. The average molecular weight is 269 g/mol. The largest absolute Gasteiger partial charge is 0.480 e. The Morgan fingerprint density at radius 3 is 1.40 bits per heavy atom. The zero-order valence-corrected chi connectivity index (χ0v) is 11.0. The molecule has 20 heavy (non-hydrogen) atoms. The molecular weight excluding hydrogens is 254 g/mol. The minimum Gasteiger partial charge on any atom is -0.480 e. The van der Waals surface area contributed by atoms with Crippen molar-refractivity contribution in [1.29, 1.82) is 0 Å². The van der Waals surface area contributed by atoms with E-state index in [0.717, 1.165) is 22.1 Å². The lowest BCUT2D eigenvalue weighted by Gasteiger charge is -1.98. The van der Waals surface area contributed by atoms with E-state index in [4.69, 9.17) is 10.8 Å². The Morgan fingerprint density at radius 2 is 1.20 bits per heavy atom. The van der Waals surface area contributed by atoms with Gasteiger partial charge in [-0.15, -0.1) is 0 Å². The zero-order chi connectivity index (χ0) is 14.5. The smallest absolute Gasteiger partial charge is 0.320 e. The highest BCUT2D eigenvalue weighted by Gasteiger charge is 1.99. The molecule has 0 aliphatic heterocycles. The molecule has 3 aromatic rings. The van der Waals surface area contributed by atoms with E-state index in [1.165, 1.54) is 6.92 Å². The summed E-state index contributed by atoms with van der Waals surface area (Å²) in [5.41, 5.74) is 8.64. The molecule has 5 heteroatoms. The van der Waals surface area contributed by atoms with Crippen molar-refractivity contribution >= 4 is 28.0 Å². The van der Waals surface area contributed by atoms with Gasteiger partial charge in [-0.1, -0.05) is 24.3 Å². The molecule has 0 saturated heterocycles. The monoisotopic (exact) mass is 269 g/mol. The SMILES string of the molecule is CC(N)C(=O)O.c1ccc2nc3ccccc3nc2c1. The Hall–Kier alpha value is -2.53. The lowest BCUT2D eigenvalue weighted by Crippen LogP contribution is -2.25. The highest BCUT2D eigenvalue weighted by molar-refractivity contribution is 5.85. The number of hydrogen-bond donors (Lipinski definition) is 2. The van der Waals surface area contributed by atoms with Gasteiger partial charge in [-0.3, -0.25) is 4.79 Å². The summed E-state index contributed by atoms with van der Waals surface area (Å²) in [6, 6.07) is 15.1. The summed E-state index contributed by atoms with van der Waals surface area (Å²) in [5.74, 6) is -0.963. The van der Waals surface area contributed by atoms with Crippen LogP contribution in [0, 0.1) is 0 Å². The van der Waals surface area contributed by atoms with E-state index in [2.05, 4.69) is 9.97 Å². The van der Waals surface area contributed by atoms with Crippen molar-refractivity contribution < 1.29 is 9.90 Å². The maximum Gasteiger partial charge on any atom is 0.320 e. The number of hydrogen-bond acceptors (Lipinski definition) is 4. The third kappa shape index (κ3) is 3.27. The van der Waals surface area contributed by atoms with E-state index in [1.54, 1.807) is 0 Å². The number of benzene rings is 2. The number of nitrogens with zero attached hydrogens (tertiary/aromatic N) is 2. The van der Waals surface area contributed by atoms with Crippen LogP contribution in [0.25, 0.3) is 22.1 Å². The lowest BCUT2D eigenvalue weighted by molar-refractivity contribution is -0.138. The van der Waals surface area contributed by atoms with Crippen LogP contribution in [0.4, 0.5) is 0 Å². The molecule has 0 radical (unpaired) electrons. The van der Waals surface area contributed by atoms with Gasteiger partial charge in [0.1, 0.15) is 6.04 Å². The van der Waals surface area contributed by atoms with Crippen molar-refractivity contribution in [2.75, 3.05) is 0 Å². The first-order chi connectivity index (χ1) is 9.58. The molecule has 0 saturated carbocycles. The fourth-order valence-electron chi connectivity index (χ4n) is 1.57. The van der Waals surface area contributed by atoms with E-state index in [0.29, 0.717) is 0 Å². The second-order valence-electron chi connectivity index (χ2n) is 4.33. The molecule has 3 rings (SSSR count). The molecular formula is C15H15N3O2. The Bertz CT molecular complexity index is 636. The van der Waals surface area contributed by atoms with E-state index in [9.17, 15) is 4.79 Å². The van der Waals surface area contributed by atoms with Gasteiger partial charge in [-0.25, -0.2) is 9.97 Å². The highest BCUT2D eigenvalue weighted by Crippen LogP contribution is 2.14. The first-order valence-corrected chi connectivity index (χ1v) is 6.18. The van der Waals surface area contributed by atoms with Crippen molar-refractivity contribution in [1.82, 2.24) is 9.97 Å². The Morgan fingerprint density at radius 1 is 0.950 bits per heavy atom. The first-order valence-electron chi connectivity index (χ1n) is 6.18. The molecule has 0 bridgehead atoms. The quantitative estimate of drug-likeness (QED) is 0.661. The number of nitrogens with two attached hydrogens (primary N) is 1. The predicted molar refractivity (Wildman–Crippen MR) is 78.3 cm³/mol. The van der Waals surface area contributed by atoms with Gasteiger partial charge < -0.3 is 10.8 Å². The second-order valence-corrected chi connectivity index (χ2v) is 4.33. The van der Waals surface area contributed by atoms with Gasteiger partial charge in [-0.2, -0.15) is 0 Å². The van der Waals surface area contributed by atoms with Crippen molar-refractivity contribution in [3.63, 3.8) is 0 Å². The maximum absolute atomic E-state index is 9.57. The fraction of sp³-hybridized carbons (Fsp3) is 0.133. The average Bonchev–Trinajstić information content (AvgIpc) is 2.45. The van der Waals surface area contributed by atoms with E-state index in [1.807, 2.05) is 48.5 Å². The normalized spacial score (nSPS) is 11.7. The van der Waals surface area contributed by atoms with Crippen molar-refractivity contribution in [2.24, 2.45) is 5.73 Å². The van der Waals surface area contributed by atoms with Crippen LogP contribution in [-0.4, -0.2) is 27.1 Å². The number of carboxylic acid groups (broad SMARTS) is 1. The van der Waals surface area contributed by atoms with E-state index < -0.39 is 12.0 Å². The summed E-state index contributed by atoms with van der Waals surface area (Å²) >= 11 is 0. The van der Waals surface area contributed by atoms with E-state index >= 15 is 0 Å². The van der Waals surface area contributed by atoms with Gasteiger partial charge in [0.2, 0.25) is 0 Å². The van der Waals surface area contributed by atoms with Crippen LogP contribution < -0.4 is 5.73 Å². The molecule has 0 fully saturated rings. The molecule has 1 atom stereocenters. The number of carbonyl (C=O) groups is 1. The van der Waals surface area contributed by atoms with E-state index in [-0.39, 0.29) is 0 Å². The Labute approximate surface area is 116 Å².